The van der Waals surface area contributed by atoms with Crippen molar-refractivity contribution in [1.29, 1.82) is 0 Å². The first-order chi connectivity index (χ1) is 10.1. The van der Waals surface area contributed by atoms with E-state index in [1.807, 2.05) is 0 Å². The molecule has 8 heteroatoms. The Labute approximate surface area is 128 Å². The first-order valence-electron chi connectivity index (χ1n) is 7.40. The lowest BCUT2D eigenvalue weighted by molar-refractivity contribution is -0.0753. The third-order valence-electron chi connectivity index (χ3n) is 4.44. The number of hydrogen-bond acceptors (Lipinski definition) is 6. The Morgan fingerprint density at radius 3 is 3.05 bits per heavy atom. The first kappa shape index (κ1) is 14.1. The molecule has 0 aromatic carbocycles. The van der Waals surface area contributed by atoms with Gasteiger partial charge < -0.3 is 10.1 Å². The number of rotatable bonds is 3. The minimum absolute atomic E-state index is 0.338. The van der Waals surface area contributed by atoms with Crippen LogP contribution < -0.4 is 5.32 Å². The van der Waals surface area contributed by atoms with Crippen LogP contribution in [0.25, 0.3) is 0 Å². The van der Waals surface area contributed by atoms with Crippen molar-refractivity contribution in [3.63, 3.8) is 0 Å². The zero-order valence-electron chi connectivity index (χ0n) is 11.7. The second-order valence-electron chi connectivity index (χ2n) is 6.09. The van der Waals surface area contributed by atoms with Gasteiger partial charge in [0, 0.05) is 25.6 Å². The van der Waals surface area contributed by atoms with Crippen molar-refractivity contribution >= 4 is 21.4 Å². The molecule has 1 unspecified atom stereocenters. The van der Waals surface area contributed by atoms with Gasteiger partial charge in [0.05, 0.1) is 23.4 Å². The fourth-order valence-corrected chi connectivity index (χ4v) is 6.01. The zero-order chi connectivity index (χ0) is 14.5. The highest BCUT2D eigenvalue weighted by Crippen LogP contribution is 2.43. The Balaban J connectivity index is 1.57. The van der Waals surface area contributed by atoms with Crippen molar-refractivity contribution < 1.29 is 13.2 Å². The Hall–Kier alpha value is -0.540. The van der Waals surface area contributed by atoms with E-state index in [4.69, 9.17) is 4.74 Å². The Morgan fingerprint density at radius 1 is 1.48 bits per heavy atom. The van der Waals surface area contributed by atoms with Gasteiger partial charge in [-0.3, -0.25) is 0 Å². The normalized spacial score (nSPS) is 31.0. The molecule has 1 atom stereocenters. The summed E-state index contributed by atoms with van der Waals surface area (Å²) in [7, 11) is -3.43. The molecule has 3 heterocycles. The minimum atomic E-state index is -3.43. The highest BCUT2D eigenvalue weighted by molar-refractivity contribution is 7.91. The van der Waals surface area contributed by atoms with Crippen molar-refractivity contribution in [2.45, 2.75) is 35.0 Å². The van der Waals surface area contributed by atoms with Gasteiger partial charge >= 0.3 is 0 Å². The van der Waals surface area contributed by atoms with Gasteiger partial charge in [0.1, 0.15) is 0 Å². The molecule has 21 heavy (non-hydrogen) atoms. The van der Waals surface area contributed by atoms with Crippen LogP contribution in [0.1, 0.15) is 30.2 Å². The van der Waals surface area contributed by atoms with Crippen molar-refractivity contribution in [2.24, 2.45) is 0 Å². The molecule has 2 saturated heterocycles. The van der Waals surface area contributed by atoms with E-state index in [0.717, 1.165) is 37.4 Å². The van der Waals surface area contributed by atoms with Crippen molar-refractivity contribution in [1.82, 2.24) is 14.6 Å². The van der Waals surface area contributed by atoms with Crippen LogP contribution in [0.3, 0.4) is 0 Å². The third kappa shape index (κ3) is 2.53. The summed E-state index contributed by atoms with van der Waals surface area (Å²) in [6, 6.07) is 0. The van der Waals surface area contributed by atoms with E-state index in [1.54, 1.807) is 4.31 Å². The SMILES string of the molecule is O=S(=O)(c1cnc(C2CC2)s1)N1CCOC2(CCNC2)C1. The summed E-state index contributed by atoms with van der Waals surface area (Å²) in [5, 5.41) is 4.24. The predicted molar refractivity (Wildman–Crippen MR) is 79.0 cm³/mol. The van der Waals surface area contributed by atoms with Crippen LogP contribution in [0, 0.1) is 0 Å². The lowest BCUT2D eigenvalue weighted by Gasteiger charge is -2.38. The number of ether oxygens (including phenoxy) is 1. The summed E-state index contributed by atoms with van der Waals surface area (Å²) < 4.78 is 33.4. The monoisotopic (exact) mass is 329 g/mol. The Kier molecular flexibility index (Phi) is 3.34. The molecule has 1 N–H and O–H groups in total. The van der Waals surface area contributed by atoms with Crippen LogP contribution in [-0.4, -0.2) is 56.1 Å². The van der Waals surface area contributed by atoms with Gasteiger partial charge in [-0.25, -0.2) is 13.4 Å². The summed E-state index contributed by atoms with van der Waals surface area (Å²) >= 11 is 1.34. The molecule has 3 fully saturated rings. The van der Waals surface area contributed by atoms with E-state index >= 15 is 0 Å². The van der Waals surface area contributed by atoms with E-state index in [2.05, 4.69) is 10.3 Å². The first-order valence-corrected chi connectivity index (χ1v) is 9.65. The quantitative estimate of drug-likeness (QED) is 0.887. The molecule has 6 nitrogen and oxygen atoms in total. The lowest BCUT2D eigenvalue weighted by Crippen LogP contribution is -2.54. The fraction of sp³-hybridized carbons (Fsp3) is 0.769. The zero-order valence-corrected chi connectivity index (χ0v) is 13.4. The molecule has 1 aromatic heterocycles. The number of hydrogen-bond donors (Lipinski definition) is 1. The average Bonchev–Trinajstić information content (AvgIpc) is 3.03. The maximum absolute atomic E-state index is 12.8. The van der Waals surface area contributed by atoms with Crippen molar-refractivity contribution in [3.05, 3.63) is 11.2 Å². The maximum Gasteiger partial charge on any atom is 0.254 e. The standard InChI is InChI=1S/C13H19N3O3S2/c17-21(18,11-7-15-12(20-11)10-1-2-10)16-5-6-19-13(9-16)3-4-14-8-13/h7,10,14H,1-6,8-9H2. The summed E-state index contributed by atoms with van der Waals surface area (Å²) in [4.78, 5) is 4.30. The summed E-state index contributed by atoms with van der Waals surface area (Å²) in [5.41, 5.74) is -0.338. The molecular formula is C13H19N3O3S2. The topological polar surface area (TPSA) is 71.5 Å². The average molecular weight is 329 g/mol. The smallest absolute Gasteiger partial charge is 0.254 e. The van der Waals surface area contributed by atoms with Crippen molar-refractivity contribution in [2.75, 3.05) is 32.8 Å². The molecule has 0 bridgehead atoms. The van der Waals surface area contributed by atoms with E-state index in [9.17, 15) is 8.42 Å². The highest BCUT2D eigenvalue weighted by Gasteiger charge is 2.43. The Bertz CT molecular complexity index is 633. The molecule has 1 spiro atoms. The van der Waals surface area contributed by atoms with E-state index in [-0.39, 0.29) is 5.60 Å². The fourth-order valence-electron chi connectivity index (χ4n) is 3.03. The second kappa shape index (κ2) is 4.99. The summed E-state index contributed by atoms with van der Waals surface area (Å²) in [6.07, 6.45) is 4.68. The molecule has 3 aliphatic rings. The molecule has 4 rings (SSSR count). The van der Waals surface area contributed by atoms with E-state index < -0.39 is 10.0 Å². The molecule has 116 valence electrons. The van der Waals surface area contributed by atoms with Gasteiger partial charge in [0.2, 0.25) is 0 Å². The van der Waals surface area contributed by atoms with Gasteiger partial charge in [-0.1, -0.05) is 0 Å². The number of morpholine rings is 1. The van der Waals surface area contributed by atoms with E-state index in [1.165, 1.54) is 17.5 Å². The van der Waals surface area contributed by atoms with Crippen molar-refractivity contribution in [3.8, 4) is 0 Å². The number of aromatic nitrogens is 1. The summed E-state index contributed by atoms with van der Waals surface area (Å²) in [6.45, 7) is 2.96. The van der Waals surface area contributed by atoms with Gasteiger partial charge in [-0.15, -0.1) is 11.3 Å². The molecule has 0 radical (unpaired) electrons. The number of nitrogens with one attached hydrogen (secondary N) is 1. The molecular weight excluding hydrogens is 310 g/mol. The van der Waals surface area contributed by atoms with Crippen LogP contribution in [0.4, 0.5) is 0 Å². The number of sulfonamides is 1. The molecule has 2 aliphatic heterocycles. The van der Waals surface area contributed by atoms with Crippen LogP contribution in [-0.2, 0) is 14.8 Å². The predicted octanol–water partition coefficient (Wildman–Crippen LogP) is 0.774. The summed E-state index contributed by atoms with van der Waals surface area (Å²) in [5.74, 6) is 0.494. The number of thiazole rings is 1. The van der Waals surface area contributed by atoms with E-state index in [0.29, 0.717) is 29.8 Å². The lowest BCUT2D eigenvalue weighted by atomic mass is 10.0. The van der Waals surface area contributed by atoms with Gasteiger partial charge in [0.15, 0.2) is 4.21 Å². The largest absolute Gasteiger partial charge is 0.371 e. The van der Waals surface area contributed by atoms with Crippen LogP contribution in [0.2, 0.25) is 0 Å². The second-order valence-corrected chi connectivity index (χ2v) is 9.32. The van der Waals surface area contributed by atoms with Crippen LogP contribution >= 0.6 is 11.3 Å². The Morgan fingerprint density at radius 2 is 2.33 bits per heavy atom. The van der Waals surface area contributed by atoms with Gasteiger partial charge in [0.25, 0.3) is 10.0 Å². The molecule has 1 aliphatic carbocycles. The van der Waals surface area contributed by atoms with Gasteiger partial charge in [-0.2, -0.15) is 4.31 Å². The minimum Gasteiger partial charge on any atom is -0.371 e. The highest BCUT2D eigenvalue weighted by atomic mass is 32.2. The van der Waals surface area contributed by atoms with Crippen LogP contribution in [0.15, 0.2) is 10.4 Å². The molecule has 0 amide bonds. The molecule has 1 aromatic rings. The number of nitrogens with zero attached hydrogens (tertiary/aromatic N) is 2. The van der Waals surface area contributed by atoms with Crippen LogP contribution in [0.5, 0.6) is 0 Å². The maximum atomic E-state index is 12.8. The molecule has 1 saturated carbocycles. The van der Waals surface area contributed by atoms with Gasteiger partial charge in [-0.05, 0) is 25.8 Å². The third-order valence-corrected chi connectivity index (χ3v) is 7.88.